The molecular formula is C13H12BrN3O2. The van der Waals surface area contributed by atoms with E-state index in [-0.39, 0.29) is 11.2 Å². The Balaban J connectivity index is 2.45. The van der Waals surface area contributed by atoms with Crippen LogP contribution in [0.1, 0.15) is 5.56 Å². The quantitative estimate of drug-likeness (QED) is 0.789. The SMILES string of the molecule is Cn1cc(C=Nc2cccc(Br)c2)c(=O)n(C)c1=O. The van der Waals surface area contributed by atoms with Gasteiger partial charge in [0.2, 0.25) is 0 Å². The van der Waals surface area contributed by atoms with Gasteiger partial charge in [-0.25, -0.2) is 4.79 Å². The number of halogens is 1. The fraction of sp³-hybridized carbons (Fsp3) is 0.154. The van der Waals surface area contributed by atoms with Crippen LogP contribution in [0.4, 0.5) is 5.69 Å². The number of rotatable bonds is 2. The highest BCUT2D eigenvalue weighted by molar-refractivity contribution is 9.10. The van der Waals surface area contributed by atoms with E-state index in [2.05, 4.69) is 20.9 Å². The zero-order valence-electron chi connectivity index (χ0n) is 10.5. The van der Waals surface area contributed by atoms with Gasteiger partial charge in [0, 0.05) is 31.0 Å². The van der Waals surface area contributed by atoms with Crippen molar-refractivity contribution in [2.24, 2.45) is 19.1 Å². The maximum Gasteiger partial charge on any atom is 0.330 e. The summed E-state index contributed by atoms with van der Waals surface area (Å²) >= 11 is 3.35. The van der Waals surface area contributed by atoms with E-state index >= 15 is 0 Å². The molecule has 0 unspecified atom stereocenters. The molecule has 0 spiro atoms. The lowest BCUT2D eigenvalue weighted by atomic mass is 10.3. The van der Waals surface area contributed by atoms with Crippen molar-refractivity contribution >= 4 is 27.8 Å². The molecule has 0 radical (unpaired) electrons. The Hall–Kier alpha value is -1.95. The summed E-state index contributed by atoms with van der Waals surface area (Å²) in [6.45, 7) is 0. The molecule has 98 valence electrons. The minimum Gasteiger partial charge on any atom is -0.303 e. The Kier molecular flexibility index (Phi) is 3.80. The van der Waals surface area contributed by atoms with Crippen molar-refractivity contribution in [3.63, 3.8) is 0 Å². The monoisotopic (exact) mass is 321 g/mol. The molecule has 0 bridgehead atoms. The van der Waals surface area contributed by atoms with Gasteiger partial charge >= 0.3 is 5.69 Å². The summed E-state index contributed by atoms with van der Waals surface area (Å²) in [6, 6.07) is 7.41. The zero-order chi connectivity index (χ0) is 14.0. The molecule has 6 heteroatoms. The Bertz CT molecular complexity index is 759. The standard InChI is InChI=1S/C13H12BrN3O2/c1-16-8-9(12(18)17(2)13(16)19)7-15-11-5-3-4-10(14)6-11/h3-8H,1-2H3. The third-order valence-corrected chi connectivity index (χ3v) is 3.13. The molecule has 19 heavy (non-hydrogen) atoms. The summed E-state index contributed by atoms with van der Waals surface area (Å²) in [5.74, 6) is 0. The largest absolute Gasteiger partial charge is 0.330 e. The first-order valence-electron chi connectivity index (χ1n) is 5.55. The van der Waals surface area contributed by atoms with Crippen LogP contribution in [0.2, 0.25) is 0 Å². The summed E-state index contributed by atoms with van der Waals surface area (Å²) in [5, 5.41) is 0. The van der Waals surface area contributed by atoms with Gasteiger partial charge in [-0.15, -0.1) is 0 Å². The number of hydrogen-bond donors (Lipinski definition) is 0. The summed E-state index contributed by atoms with van der Waals surface area (Å²) < 4.78 is 3.32. The zero-order valence-corrected chi connectivity index (χ0v) is 12.1. The first-order chi connectivity index (χ1) is 8.99. The molecule has 5 nitrogen and oxygen atoms in total. The van der Waals surface area contributed by atoms with E-state index in [1.807, 2.05) is 24.3 Å². The average Bonchev–Trinajstić information content (AvgIpc) is 2.39. The molecule has 0 aliphatic rings. The first-order valence-corrected chi connectivity index (χ1v) is 6.34. The van der Waals surface area contributed by atoms with Crippen molar-refractivity contribution in [3.8, 4) is 0 Å². The topological polar surface area (TPSA) is 56.4 Å². The van der Waals surface area contributed by atoms with E-state index in [1.165, 1.54) is 24.0 Å². The van der Waals surface area contributed by atoms with E-state index in [4.69, 9.17) is 0 Å². The first kappa shape index (κ1) is 13.5. The fourth-order valence-electron chi connectivity index (χ4n) is 1.63. The number of nitrogens with zero attached hydrogens (tertiary/aromatic N) is 3. The lowest BCUT2D eigenvalue weighted by molar-refractivity contribution is 0.684. The van der Waals surface area contributed by atoms with Crippen LogP contribution >= 0.6 is 15.9 Å². The number of aromatic nitrogens is 2. The van der Waals surface area contributed by atoms with Gasteiger partial charge < -0.3 is 4.57 Å². The number of aliphatic imine (C=N–C) groups is 1. The van der Waals surface area contributed by atoms with Gasteiger partial charge in [0.25, 0.3) is 5.56 Å². The van der Waals surface area contributed by atoms with Crippen LogP contribution in [-0.4, -0.2) is 15.3 Å². The van der Waals surface area contributed by atoms with Gasteiger partial charge in [0.1, 0.15) is 0 Å². The lowest BCUT2D eigenvalue weighted by Crippen LogP contribution is -2.38. The molecule has 0 atom stereocenters. The minimum absolute atomic E-state index is 0.357. The van der Waals surface area contributed by atoms with Crippen LogP contribution in [0.3, 0.4) is 0 Å². The highest BCUT2D eigenvalue weighted by atomic mass is 79.9. The maximum absolute atomic E-state index is 11.9. The maximum atomic E-state index is 11.9. The van der Waals surface area contributed by atoms with E-state index in [1.54, 1.807) is 7.05 Å². The summed E-state index contributed by atoms with van der Waals surface area (Å²) in [5.41, 5.74) is 0.376. The molecule has 1 heterocycles. The van der Waals surface area contributed by atoms with Crippen LogP contribution in [-0.2, 0) is 14.1 Å². The smallest absolute Gasteiger partial charge is 0.303 e. The van der Waals surface area contributed by atoms with Crippen LogP contribution in [0.5, 0.6) is 0 Å². The predicted molar refractivity (Wildman–Crippen MR) is 78.3 cm³/mol. The molecule has 0 saturated carbocycles. The van der Waals surface area contributed by atoms with Crippen LogP contribution in [0, 0.1) is 0 Å². The van der Waals surface area contributed by atoms with Crippen LogP contribution in [0.25, 0.3) is 0 Å². The minimum atomic E-state index is -0.359. The van der Waals surface area contributed by atoms with Crippen molar-refractivity contribution in [2.75, 3.05) is 0 Å². The molecule has 0 aliphatic carbocycles. The number of benzene rings is 1. The molecule has 0 saturated heterocycles. The van der Waals surface area contributed by atoms with Crippen molar-refractivity contribution in [3.05, 3.63) is 61.3 Å². The van der Waals surface area contributed by atoms with Gasteiger partial charge in [-0.1, -0.05) is 22.0 Å². The molecule has 0 aliphatic heterocycles. The molecule has 0 fully saturated rings. The normalized spacial score (nSPS) is 11.1. The number of hydrogen-bond acceptors (Lipinski definition) is 3. The number of aryl methyl sites for hydroxylation is 1. The molecule has 0 N–H and O–H groups in total. The highest BCUT2D eigenvalue weighted by Gasteiger charge is 2.04. The van der Waals surface area contributed by atoms with Crippen LogP contribution < -0.4 is 11.2 Å². The molecule has 2 aromatic rings. The van der Waals surface area contributed by atoms with Crippen molar-refractivity contribution in [1.29, 1.82) is 0 Å². The summed E-state index contributed by atoms with van der Waals surface area (Å²) in [7, 11) is 3.04. The lowest BCUT2D eigenvalue weighted by Gasteiger charge is -2.02. The van der Waals surface area contributed by atoms with E-state index < -0.39 is 0 Å². The fourth-order valence-corrected chi connectivity index (χ4v) is 2.01. The second-order valence-electron chi connectivity index (χ2n) is 4.08. The molecule has 1 aromatic carbocycles. The van der Waals surface area contributed by atoms with Gasteiger partial charge in [-0.2, -0.15) is 0 Å². The summed E-state index contributed by atoms with van der Waals surface area (Å²) in [4.78, 5) is 27.6. The van der Waals surface area contributed by atoms with Crippen molar-refractivity contribution in [2.45, 2.75) is 0 Å². The van der Waals surface area contributed by atoms with Gasteiger partial charge in [0.15, 0.2) is 0 Å². The van der Waals surface area contributed by atoms with E-state index in [0.717, 1.165) is 14.7 Å². The molecule has 0 amide bonds. The highest BCUT2D eigenvalue weighted by Crippen LogP contribution is 2.17. The Morgan fingerprint density at radius 1 is 1.26 bits per heavy atom. The third-order valence-electron chi connectivity index (χ3n) is 2.63. The Labute approximate surface area is 118 Å². The molecule has 2 rings (SSSR count). The van der Waals surface area contributed by atoms with Gasteiger partial charge in [-0.05, 0) is 18.2 Å². The van der Waals surface area contributed by atoms with Gasteiger partial charge in [-0.3, -0.25) is 14.4 Å². The second-order valence-corrected chi connectivity index (χ2v) is 5.00. The van der Waals surface area contributed by atoms with E-state index in [0.29, 0.717) is 5.56 Å². The molecule has 1 aromatic heterocycles. The van der Waals surface area contributed by atoms with E-state index in [9.17, 15) is 9.59 Å². The summed E-state index contributed by atoms with van der Waals surface area (Å²) in [6.07, 6.45) is 2.94. The van der Waals surface area contributed by atoms with Crippen LogP contribution in [0.15, 0.2) is 49.5 Å². The third kappa shape index (κ3) is 2.90. The second kappa shape index (κ2) is 5.36. The Morgan fingerprint density at radius 2 is 2.00 bits per heavy atom. The predicted octanol–water partition coefficient (Wildman–Crippen LogP) is 1.60. The molecular weight excluding hydrogens is 310 g/mol. The average molecular weight is 322 g/mol. The van der Waals surface area contributed by atoms with Crippen molar-refractivity contribution in [1.82, 2.24) is 9.13 Å². The van der Waals surface area contributed by atoms with Crippen molar-refractivity contribution < 1.29 is 0 Å². The van der Waals surface area contributed by atoms with Gasteiger partial charge in [0.05, 0.1) is 11.3 Å². The Morgan fingerprint density at radius 3 is 2.68 bits per heavy atom.